The van der Waals surface area contributed by atoms with Crippen molar-refractivity contribution in [1.82, 2.24) is 5.06 Å². The third-order valence-corrected chi connectivity index (χ3v) is 3.66. The second-order valence-electron chi connectivity index (χ2n) is 5.54. The molecule has 1 aliphatic heterocycles. The van der Waals surface area contributed by atoms with Gasteiger partial charge in [-0.3, -0.25) is 4.84 Å². The summed E-state index contributed by atoms with van der Waals surface area (Å²) in [6.07, 6.45) is -3.57. The van der Waals surface area contributed by atoms with Crippen LogP contribution < -0.4 is 0 Å². The minimum absolute atomic E-state index is 0.332. The highest BCUT2D eigenvalue weighted by Gasteiger charge is 2.45. The Balaban J connectivity index is 2.21. The van der Waals surface area contributed by atoms with Crippen LogP contribution in [0.2, 0.25) is 0 Å². The molecule has 0 radical (unpaired) electrons. The van der Waals surface area contributed by atoms with Gasteiger partial charge in [-0.25, -0.2) is 13.2 Å². The molecule has 1 heterocycles. The zero-order chi connectivity index (χ0) is 14.9. The second kappa shape index (κ2) is 5.71. The molecule has 1 N–H and O–H groups in total. The Bertz CT molecular complexity index is 450. The van der Waals surface area contributed by atoms with E-state index in [1.54, 1.807) is 12.1 Å². The summed E-state index contributed by atoms with van der Waals surface area (Å²) in [4.78, 5) is 5.30. The number of hydroxylamine groups is 2. The van der Waals surface area contributed by atoms with Crippen LogP contribution in [0.5, 0.6) is 0 Å². The van der Waals surface area contributed by atoms with Gasteiger partial charge >= 0.3 is 0 Å². The van der Waals surface area contributed by atoms with E-state index >= 15 is 0 Å². The first-order valence-corrected chi connectivity index (χ1v) is 6.47. The lowest BCUT2D eigenvalue weighted by Gasteiger charge is -2.37. The van der Waals surface area contributed by atoms with E-state index in [1.807, 2.05) is 0 Å². The SMILES string of the molecule is CC(C)(C(F)F)C(O)N1OCC[C@H]1c1ccc(F)cc1. The summed E-state index contributed by atoms with van der Waals surface area (Å²) in [6.45, 7) is 2.90. The van der Waals surface area contributed by atoms with Crippen LogP contribution in [0.15, 0.2) is 24.3 Å². The molecule has 112 valence electrons. The molecule has 1 aliphatic rings. The van der Waals surface area contributed by atoms with Gasteiger partial charge in [0, 0.05) is 0 Å². The quantitative estimate of drug-likeness (QED) is 0.924. The van der Waals surface area contributed by atoms with E-state index in [1.165, 1.54) is 31.0 Å². The Labute approximate surface area is 115 Å². The topological polar surface area (TPSA) is 32.7 Å². The average Bonchev–Trinajstić information content (AvgIpc) is 2.87. The van der Waals surface area contributed by atoms with Crippen molar-refractivity contribution in [1.29, 1.82) is 0 Å². The number of benzene rings is 1. The van der Waals surface area contributed by atoms with Gasteiger partial charge in [0.15, 0.2) is 0 Å². The van der Waals surface area contributed by atoms with Crippen molar-refractivity contribution >= 4 is 0 Å². The van der Waals surface area contributed by atoms with E-state index in [4.69, 9.17) is 4.84 Å². The zero-order valence-corrected chi connectivity index (χ0v) is 11.4. The highest BCUT2D eigenvalue weighted by molar-refractivity contribution is 5.20. The molecule has 1 fully saturated rings. The van der Waals surface area contributed by atoms with Crippen LogP contribution in [0, 0.1) is 11.2 Å². The van der Waals surface area contributed by atoms with Crippen LogP contribution >= 0.6 is 0 Å². The Morgan fingerprint density at radius 3 is 2.45 bits per heavy atom. The van der Waals surface area contributed by atoms with Crippen molar-refractivity contribution in [3.63, 3.8) is 0 Å². The van der Waals surface area contributed by atoms with E-state index in [2.05, 4.69) is 0 Å². The summed E-state index contributed by atoms with van der Waals surface area (Å²) in [7, 11) is 0. The monoisotopic (exact) mass is 289 g/mol. The third kappa shape index (κ3) is 2.82. The van der Waals surface area contributed by atoms with Crippen molar-refractivity contribution in [2.75, 3.05) is 6.61 Å². The molecule has 1 unspecified atom stereocenters. The predicted octanol–water partition coefficient (Wildman–Crippen LogP) is 3.11. The summed E-state index contributed by atoms with van der Waals surface area (Å²) in [5.74, 6) is -0.368. The van der Waals surface area contributed by atoms with Gasteiger partial charge in [0.1, 0.15) is 12.0 Å². The molecule has 6 heteroatoms. The lowest BCUT2D eigenvalue weighted by Crippen LogP contribution is -2.47. The van der Waals surface area contributed by atoms with Crippen LogP contribution in [0.1, 0.15) is 31.9 Å². The molecule has 1 aromatic rings. The maximum atomic E-state index is 13.0. The van der Waals surface area contributed by atoms with E-state index < -0.39 is 18.1 Å². The minimum atomic E-state index is -2.68. The van der Waals surface area contributed by atoms with E-state index in [9.17, 15) is 18.3 Å². The standard InChI is InChI=1S/C14H18F3NO2/c1-14(2,12(16)17)13(19)18-11(7-8-20-18)9-3-5-10(15)6-4-9/h3-6,11-13,19H,7-8H2,1-2H3/t11-,13?/m0/s1. The summed E-state index contributed by atoms with van der Waals surface area (Å²) >= 11 is 0. The van der Waals surface area contributed by atoms with Gasteiger partial charge in [-0.1, -0.05) is 26.0 Å². The number of halogens is 3. The Kier molecular flexibility index (Phi) is 4.36. The Morgan fingerprint density at radius 1 is 1.30 bits per heavy atom. The van der Waals surface area contributed by atoms with Crippen molar-refractivity contribution < 1.29 is 23.1 Å². The predicted molar refractivity (Wildman–Crippen MR) is 67.3 cm³/mol. The molecule has 2 rings (SSSR count). The van der Waals surface area contributed by atoms with Gasteiger partial charge < -0.3 is 5.11 Å². The molecule has 1 aromatic carbocycles. The van der Waals surface area contributed by atoms with Crippen LogP contribution in [0.3, 0.4) is 0 Å². The second-order valence-corrected chi connectivity index (χ2v) is 5.54. The molecule has 0 aliphatic carbocycles. The molecule has 0 bridgehead atoms. The molecule has 2 atom stereocenters. The van der Waals surface area contributed by atoms with Crippen LogP contribution in [0.25, 0.3) is 0 Å². The van der Waals surface area contributed by atoms with Crippen LogP contribution in [-0.2, 0) is 4.84 Å². The first-order chi connectivity index (χ1) is 9.34. The zero-order valence-electron chi connectivity index (χ0n) is 11.4. The first kappa shape index (κ1) is 15.3. The minimum Gasteiger partial charge on any atom is -0.375 e. The van der Waals surface area contributed by atoms with Gasteiger partial charge in [0.25, 0.3) is 0 Å². The fourth-order valence-electron chi connectivity index (χ4n) is 2.17. The number of alkyl halides is 2. The highest BCUT2D eigenvalue weighted by atomic mass is 19.3. The molecule has 3 nitrogen and oxygen atoms in total. The molecular formula is C14H18F3NO2. The molecule has 0 aromatic heterocycles. The van der Waals surface area contributed by atoms with Gasteiger partial charge in [0.05, 0.1) is 18.1 Å². The highest BCUT2D eigenvalue weighted by Crippen LogP contribution is 2.39. The lowest BCUT2D eigenvalue weighted by molar-refractivity contribution is -0.271. The largest absolute Gasteiger partial charge is 0.375 e. The maximum Gasteiger partial charge on any atom is 0.247 e. The Hall–Kier alpha value is -1.11. The molecule has 0 saturated carbocycles. The molecule has 0 spiro atoms. The van der Waals surface area contributed by atoms with Crippen molar-refractivity contribution in [3.8, 4) is 0 Å². The van der Waals surface area contributed by atoms with Gasteiger partial charge in [-0.2, -0.15) is 5.06 Å². The first-order valence-electron chi connectivity index (χ1n) is 6.47. The summed E-state index contributed by atoms with van der Waals surface area (Å²) in [5.41, 5.74) is -0.893. The maximum absolute atomic E-state index is 13.0. The van der Waals surface area contributed by atoms with Gasteiger partial charge in [0.2, 0.25) is 6.43 Å². The van der Waals surface area contributed by atoms with E-state index in [0.29, 0.717) is 13.0 Å². The molecular weight excluding hydrogens is 271 g/mol. The number of nitrogens with zero attached hydrogens (tertiary/aromatic N) is 1. The number of aliphatic hydroxyl groups is 1. The number of aliphatic hydroxyl groups excluding tert-OH is 1. The van der Waals surface area contributed by atoms with Gasteiger partial charge in [-0.05, 0) is 24.1 Å². The van der Waals surface area contributed by atoms with Crippen LogP contribution in [0.4, 0.5) is 13.2 Å². The van der Waals surface area contributed by atoms with Crippen molar-refractivity contribution in [2.45, 2.75) is 39.0 Å². The third-order valence-electron chi connectivity index (χ3n) is 3.66. The van der Waals surface area contributed by atoms with E-state index in [-0.39, 0.29) is 11.9 Å². The normalized spacial score (nSPS) is 22.4. The van der Waals surface area contributed by atoms with Crippen molar-refractivity contribution in [3.05, 3.63) is 35.6 Å². The molecule has 20 heavy (non-hydrogen) atoms. The van der Waals surface area contributed by atoms with Crippen LogP contribution in [-0.4, -0.2) is 29.4 Å². The summed E-state index contributed by atoms with van der Waals surface area (Å²) < 4.78 is 38.9. The Morgan fingerprint density at radius 2 is 1.90 bits per heavy atom. The smallest absolute Gasteiger partial charge is 0.247 e. The molecule has 0 amide bonds. The number of hydrogen-bond acceptors (Lipinski definition) is 3. The fraction of sp³-hybridized carbons (Fsp3) is 0.571. The molecule has 1 saturated heterocycles. The summed E-state index contributed by atoms with van der Waals surface area (Å²) in [5, 5.41) is 11.4. The fourth-order valence-corrected chi connectivity index (χ4v) is 2.17. The lowest BCUT2D eigenvalue weighted by atomic mass is 9.90. The number of hydrogen-bond donors (Lipinski definition) is 1. The average molecular weight is 289 g/mol. The van der Waals surface area contributed by atoms with E-state index in [0.717, 1.165) is 5.56 Å². The summed E-state index contributed by atoms with van der Waals surface area (Å²) in [6, 6.07) is 5.39. The number of rotatable bonds is 4. The van der Waals surface area contributed by atoms with Gasteiger partial charge in [-0.15, -0.1) is 0 Å². The van der Waals surface area contributed by atoms with Crippen molar-refractivity contribution in [2.24, 2.45) is 5.41 Å².